The molecule has 0 unspecified atom stereocenters. The molecule has 0 saturated heterocycles. The van der Waals surface area contributed by atoms with E-state index in [1.54, 1.807) is 0 Å². The smallest absolute Gasteiger partial charge is 0.0541 e. The van der Waals surface area contributed by atoms with Crippen molar-refractivity contribution in [3.8, 4) is 33.6 Å². The van der Waals surface area contributed by atoms with Gasteiger partial charge in [-0.1, -0.05) is 108 Å². The fourth-order valence-corrected chi connectivity index (χ4v) is 7.10. The summed E-state index contributed by atoms with van der Waals surface area (Å²) in [4.78, 5) is 0. The van der Waals surface area contributed by atoms with Crippen LogP contribution in [0.2, 0.25) is 0 Å². The maximum atomic E-state index is 2.38. The molecule has 9 aromatic rings. The molecule has 9 rings (SSSR count). The molecular formula is C44H32N2. The summed E-state index contributed by atoms with van der Waals surface area (Å²) in [6.07, 6.45) is 0. The Balaban J connectivity index is 1.12. The molecule has 0 bridgehead atoms. The minimum absolute atomic E-state index is 1.19. The molecule has 2 nitrogen and oxygen atoms in total. The highest BCUT2D eigenvalue weighted by molar-refractivity contribution is 6.11. The van der Waals surface area contributed by atoms with Crippen LogP contribution in [0, 0.1) is 13.8 Å². The Hall–Kier alpha value is -5.86. The molecule has 0 radical (unpaired) electrons. The monoisotopic (exact) mass is 588 g/mol. The zero-order valence-corrected chi connectivity index (χ0v) is 25.9. The van der Waals surface area contributed by atoms with E-state index in [9.17, 15) is 0 Å². The van der Waals surface area contributed by atoms with E-state index in [1.807, 2.05) is 0 Å². The quantitative estimate of drug-likeness (QED) is 0.194. The number of rotatable bonds is 4. The summed E-state index contributed by atoms with van der Waals surface area (Å²) in [7, 11) is 0. The summed E-state index contributed by atoms with van der Waals surface area (Å²) in [5.74, 6) is 0. The van der Waals surface area contributed by atoms with Gasteiger partial charge >= 0.3 is 0 Å². The first-order valence-corrected chi connectivity index (χ1v) is 15.9. The molecule has 0 amide bonds. The average molecular weight is 589 g/mol. The van der Waals surface area contributed by atoms with Crippen LogP contribution in [-0.4, -0.2) is 9.13 Å². The van der Waals surface area contributed by atoms with Crippen molar-refractivity contribution in [2.45, 2.75) is 13.8 Å². The van der Waals surface area contributed by atoms with E-state index in [4.69, 9.17) is 0 Å². The summed E-state index contributed by atoms with van der Waals surface area (Å²) >= 11 is 0. The van der Waals surface area contributed by atoms with Gasteiger partial charge in [0.25, 0.3) is 0 Å². The maximum Gasteiger partial charge on any atom is 0.0541 e. The molecule has 0 N–H and O–H groups in total. The minimum atomic E-state index is 1.19. The number of hydrogen-bond donors (Lipinski definition) is 0. The third kappa shape index (κ3) is 4.18. The van der Waals surface area contributed by atoms with Gasteiger partial charge < -0.3 is 9.13 Å². The van der Waals surface area contributed by atoms with E-state index in [2.05, 4.69) is 181 Å². The van der Waals surface area contributed by atoms with Gasteiger partial charge in [0.05, 0.1) is 22.1 Å². The molecule has 0 spiro atoms. The number of benzene rings is 7. The van der Waals surface area contributed by atoms with Crippen LogP contribution in [0.15, 0.2) is 158 Å². The molecule has 0 aliphatic rings. The molecule has 0 atom stereocenters. The van der Waals surface area contributed by atoms with E-state index in [1.165, 1.54) is 88.4 Å². The van der Waals surface area contributed by atoms with Crippen LogP contribution >= 0.6 is 0 Å². The zero-order chi connectivity index (χ0) is 30.8. The Bertz CT molecular complexity index is 2380. The first-order chi connectivity index (χ1) is 22.6. The van der Waals surface area contributed by atoms with Crippen molar-refractivity contribution in [3.63, 3.8) is 0 Å². The highest BCUT2D eigenvalue weighted by atomic mass is 15.0. The van der Waals surface area contributed by atoms with E-state index in [0.29, 0.717) is 0 Å². The van der Waals surface area contributed by atoms with Crippen molar-refractivity contribution >= 4 is 43.6 Å². The van der Waals surface area contributed by atoms with Crippen LogP contribution in [0.1, 0.15) is 11.1 Å². The van der Waals surface area contributed by atoms with Crippen LogP contribution < -0.4 is 0 Å². The Labute approximate surface area is 268 Å². The Morgan fingerprint density at radius 1 is 0.304 bits per heavy atom. The number of aromatic nitrogens is 2. The van der Waals surface area contributed by atoms with Crippen molar-refractivity contribution in [1.29, 1.82) is 0 Å². The van der Waals surface area contributed by atoms with Gasteiger partial charge in [0.15, 0.2) is 0 Å². The van der Waals surface area contributed by atoms with Crippen molar-refractivity contribution in [3.05, 3.63) is 169 Å². The summed E-state index contributed by atoms with van der Waals surface area (Å²) < 4.78 is 4.76. The van der Waals surface area contributed by atoms with Crippen molar-refractivity contribution in [2.24, 2.45) is 0 Å². The Kier molecular flexibility index (Phi) is 5.97. The van der Waals surface area contributed by atoms with Gasteiger partial charge in [-0.15, -0.1) is 0 Å². The van der Waals surface area contributed by atoms with Gasteiger partial charge in [0.2, 0.25) is 0 Å². The Morgan fingerprint density at radius 2 is 0.652 bits per heavy atom. The second-order valence-electron chi connectivity index (χ2n) is 12.4. The third-order valence-electron chi connectivity index (χ3n) is 9.48. The normalized spacial score (nSPS) is 11.7. The van der Waals surface area contributed by atoms with Gasteiger partial charge in [0, 0.05) is 32.9 Å². The summed E-state index contributed by atoms with van der Waals surface area (Å²) in [5, 5.41) is 5.09. The lowest BCUT2D eigenvalue weighted by molar-refractivity contribution is 1.17. The summed E-state index contributed by atoms with van der Waals surface area (Å²) in [6, 6.07) is 57.8. The number of hydrogen-bond acceptors (Lipinski definition) is 0. The second kappa shape index (κ2) is 10.4. The maximum absolute atomic E-state index is 2.38. The predicted molar refractivity (Wildman–Crippen MR) is 195 cm³/mol. The average Bonchev–Trinajstić information content (AvgIpc) is 3.61. The standard InChI is InChI=1S/C44H32N2/c1-29-11-21-35(22-12-29)45-41-9-5-3-7-37(41)39-27-33(19-25-43(39)45)31-15-17-32(18-16-31)34-20-26-44-40(28-34)38-8-4-6-10-42(38)46(44)36-23-13-30(2)14-24-36/h3-28H,1-2H3. The first kappa shape index (κ1) is 26.5. The Morgan fingerprint density at radius 3 is 1.07 bits per heavy atom. The largest absolute Gasteiger partial charge is 0.309 e. The van der Waals surface area contributed by atoms with Gasteiger partial charge in [-0.25, -0.2) is 0 Å². The molecule has 0 fully saturated rings. The molecule has 218 valence electrons. The predicted octanol–water partition coefficient (Wildman–Crippen LogP) is 11.8. The van der Waals surface area contributed by atoms with E-state index < -0.39 is 0 Å². The van der Waals surface area contributed by atoms with Gasteiger partial charge in [-0.2, -0.15) is 0 Å². The number of aryl methyl sites for hydroxylation is 2. The number of nitrogens with zero attached hydrogens (tertiary/aromatic N) is 2. The topological polar surface area (TPSA) is 9.86 Å². The fourth-order valence-electron chi connectivity index (χ4n) is 7.10. The van der Waals surface area contributed by atoms with Gasteiger partial charge in [-0.3, -0.25) is 0 Å². The van der Waals surface area contributed by atoms with Crippen LogP contribution in [0.5, 0.6) is 0 Å². The van der Waals surface area contributed by atoms with Crippen LogP contribution in [0.4, 0.5) is 0 Å². The van der Waals surface area contributed by atoms with Gasteiger partial charge in [0.1, 0.15) is 0 Å². The molecule has 0 aliphatic carbocycles. The number of para-hydroxylation sites is 2. The second-order valence-corrected chi connectivity index (χ2v) is 12.4. The van der Waals surface area contributed by atoms with Crippen LogP contribution in [0.25, 0.3) is 77.2 Å². The molecule has 7 aromatic carbocycles. The van der Waals surface area contributed by atoms with Crippen LogP contribution in [-0.2, 0) is 0 Å². The van der Waals surface area contributed by atoms with Crippen molar-refractivity contribution in [2.75, 3.05) is 0 Å². The lowest BCUT2D eigenvalue weighted by atomic mass is 9.98. The first-order valence-electron chi connectivity index (χ1n) is 15.9. The molecule has 2 heterocycles. The van der Waals surface area contributed by atoms with E-state index in [-0.39, 0.29) is 0 Å². The molecule has 2 heteroatoms. The molecule has 2 aromatic heterocycles. The van der Waals surface area contributed by atoms with Crippen LogP contribution in [0.3, 0.4) is 0 Å². The number of fused-ring (bicyclic) bond motifs is 6. The third-order valence-corrected chi connectivity index (χ3v) is 9.48. The molecule has 46 heavy (non-hydrogen) atoms. The molecular weight excluding hydrogens is 556 g/mol. The SMILES string of the molecule is Cc1ccc(-n2c3ccccc3c3cc(-c4ccc(-c5ccc6c(c5)c5ccccc5n6-c5ccc(C)cc5)cc4)ccc32)cc1. The summed E-state index contributed by atoms with van der Waals surface area (Å²) in [5.41, 5.74) is 14.7. The van der Waals surface area contributed by atoms with Crippen molar-refractivity contribution in [1.82, 2.24) is 9.13 Å². The lowest BCUT2D eigenvalue weighted by Gasteiger charge is -2.10. The molecule has 0 saturated carbocycles. The highest BCUT2D eigenvalue weighted by Crippen LogP contribution is 2.37. The van der Waals surface area contributed by atoms with Gasteiger partial charge in [-0.05, 0) is 96.8 Å². The molecule has 0 aliphatic heterocycles. The van der Waals surface area contributed by atoms with E-state index in [0.717, 1.165) is 0 Å². The van der Waals surface area contributed by atoms with E-state index >= 15 is 0 Å². The fraction of sp³-hybridized carbons (Fsp3) is 0.0455. The van der Waals surface area contributed by atoms with Crippen molar-refractivity contribution < 1.29 is 0 Å². The zero-order valence-electron chi connectivity index (χ0n) is 25.9. The highest BCUT2D eigenvalue weighted by Gasteiger charge is 2.15. The lowest BCUT2D eigenvalue weighted by Crippen LogP contribution is -1.93. The minimum Gasteiger partial charge on any atom is -0.309 e. The summed E-state index contributed by atoms with van der Waals surface area (Å²) in [6.45, 7) is 4.27.